The molecule has 0 aromatic heterocycles. The van der Waals surface area contributed by atoms with Crippen LogP contribution in [0.25, 0.3) is 0 Å². The Balaban J connectivity index is 3.09. The summed E-state index contributed by atoms with van der Waals surface area (Å²) in [7, 11) is 1.40. The predicted molar refractivity (Wildman–Crippen MR) is 61.8 cm³/mol. The molecule has 1 aromatic carbocycles. The summed E-state index contributed by atoms with van der Waals surface area (Å²) in [6.45, 7) is 1.71. The van der Waals surface area contributed by atoms with Crippen molar-refractivity contribution >= 4 is 11.6 Å². The average molecular weight is 274 g/mol. The zero-order valence-electron chi connectivity index (χ0n) is 10.3. The fourth-order valence-corrected chi connectivity index (χ4v) is 1.48. The topological polar surface area (TPSA) is 81.5 Å². The van der Waals surface area contributed by atoms with E-state index in [1.807, 2.05) is 0 Å². The van der Waals surface area contributed by atoms with Crippen molar-refractivity contribution < 1.29 is 23.2 Å². The van der Waals surface area contributed by atoms with Crippen LogP contribution in [0.3, 0.4) is 0 Å². The summed E-state index contributed by atoms with van der Waals surface area (Å²) >= 11 is 0. The summed E-state index contributed by atoms with van der Waals surface area (Å²) in [5, 5.41) is 12.8. The van der Waals surface area contributed by atoms with Crippen molar-refractivity contribution in [3.05, 3.63) is 39.4 Å². The number of carbonyl (C=O) groups is 1. The Morgan fingerprint density at radius 1 is 1.53 bits per heavy atom. The molecule has 104 valence electrons. The molecule has 0 radical (unpaired) electrons. The van der Waals surface area contributed by atoms with E-state index in [0.29, 0.717) is 12.1 Å². The molecule has 0 saturated heterocycles. The number of nitrogens with zero attached hydrogens (tertiary/aromatic N) is 1. The fraction of sp³-hybridized carbons (Fsp3) is 0.364. The third-order valence-electron chi connectivity index (χ3n) is 2.29. The number of nitro benzene ring substituents is 1. The Hall–Kier alpha value is -2.09. The minimum absolute atomic E-state index is 0.143. The molecule has 0 aliphatic heterocycles. The Morgan fingerprint density at radius 3 is 2.68 bits per heavy atom. The molecule has 0 heterocycles. The van der Waals surface area contributed by atoms with Crippen molar-refractivity contribution in [2.45, 2.75) is 13.0 Å². The van der Waals surface area contributed by atoms with Gasteiger partial charge in [0.15, 0.2) is 0 Å². The van der Waals surface area contributed by atoms with Gasteiger partial charge in [-0.2, -0.15) is 4.39 Å². The molecule has 0 bridgehead atoms. The number of benzene rings is 1. The maximum absolute atomic E-state index is 13.7. The average Bonchev–Trinajstić information content (AvgIpc) is 2.28. The van der Waals surface area contributed by atoms with E-state index in [1.54, 1.807) is 6.92 Å². The van der Waals surface area contributed by atoms with Crippen molar-refractivity contribution in [1.82, 2.24) is 5.32 Å². The maximum atomic E-state index is 13.7. The summed E-state index contributed by atoms with van der Waals surface area (Å²) in [5.41, 5.74) is -1.93. The number of amides is 1. The molecule has 1 rings (SSSR count). The second-order valence-electron chi connectivity index (χ2n) is 3.84. The lowest BCUT2D eigenvalue weighted by molar-refractivity contribution is -0.387. The molecule has 1 aromatic rings. The first kappa shape index (κ1) is 15.0. The zero-order chi connectivity index (χ0) is 14.6. The third kappa shape index (κ3) is 3.44. The highest BCUT2D eigenvalue weighted by Gasteiger charge is 2.26. The number of halogens is 2. The first-order valence-electron chi connectivity index (χ1n) is 5.30. The van der Waals surface area contributed by atoms with Crippen LogP contribution >= 0.6 is 0 Å². The lowest BCUT2D eigenvalue weighted by Gasteiger charge is -2.13. The predicted octanol–water partition coefficient (Wildman–Crippen LogP) is 1.64. The molecule has 1 amide bonds. The van der Waals surface area contributed by atoms with Gasteiger partial charge in [0.25, 0.3) is 5.91 Å². The molecule has 1 unspecified atom stereocenters. The minimum atomic E-state index is -1.49. The van der Waals surface area contributed by atoms with Gasteiger partial charge in [0, 0.05) is 19.2 Å². The molecule has 0 aliphatic rings. The van der Waals surface area contributed by atoms with Crippen molar-refractivity contribution in [3.8, 4) is 0 Å². The number of hydrogen-bond donors (Lipinski definition) is 1. The minimum Gasteiger partial charge on any atom is -0.383 e. The standard InChI is InChI=1S/C11H12F2N2O4/c1-6(5-19-2)14-11(16)9-7(12)3-4-8(10(9)13)15(17)18/h3-4,6H,5H2,1-2H3,(H,14,16). The SMILES string of the molecule is COCC(C)NC(=O)c1c(F)ccc([N+](=O)[O-])c1F. The van der Waals surface area contributed by atoms with Gasteiger partial charge in [-0.25, -0.2) is 4.39 Å². The number of nitro groups is 1. The van der Waals surface area contributed by atoms with Crippen molar-refractivity contribution in [2.24, 2.45) is 0 Å². The second kappa shape index (κ2) is 6.19. The summed E-state index contributed by atoms with van der Waals surface area (Å²) in [6, 6.07) is 0.854. The fourth-order valence-electron chi connectivity index (χ4n) is 1.48. The van der Waals surface area contributed by atoms with E-state index < -0.39 is 39.8 Å². The van der Waals surface area contributed by atoms with Gasteiger partial charge >= 0.3 is 5.69 Å². The Kier molecular flexibility index (Phi) is 4.87. The molecular formula is C11H12F2N2O4. The maximum Gasteiger partial charge on any atom is 0.305 e. The Morgan fingerprint density at radius 2 is 2.16 bits per heavy atom. The van der Waals surface area contributed by atoms with E-state index >= 15 is 0 Å². The van der Waals surface area contributed by atoms with Gasteiger partial charge in [0.05, 0.1) is 11.5 Å². The van der Waals surface area contributed by atoms with Crippen LogP contribution in [0, 0.1) is 21.7 Å². The molecule has 8 heteroatoms. The first-order valence-corrected chi connectivity index (χ1v) is 5.30. The van der Waals surface area contributed by atoms with Gasteiger partial charge in [-0.05, 0) is 13.0 Å². The molecule has 19 heavy (non-hydrogen) atoms. The summed E-state index contributed by atoms with van der Waals surface area (Å²) < 4.78 is 31.9. The third-order valence-corrected chi connectivity index (χ3v) is 2.29. The monoisotopic (exact) mass is 274 g/mol. The van der Waals surface area contributed by atoms with Crippen LogP contribution in [0.1, 0.15) is 17.3 Å². The molecule has 1 atom stereocenters. The molecule has 1 N–H and O–H groups in total. The van der Waals surface area contributed by atoms with E-state index in [2.05, 4.69) is 5.32 Å². The molecule has 0 saturated carbocycles. The van der Waals surface area contributed by atoms with E-state index in [4.69, 9.17) is 4.74 Å². The van der Waals surface area contributed by atoms with Crippen LogP contribution in [0.2, 0.25) is 0 Å². The molecule has 0 spiro atoms. The van der Waals surface area contributed by atoms with Gasteiger partial charge in [-0.1, -0.05) is 0 Å². The molecule has 0 fully saturated rings. The number of carbonyl (C=O) groups excluding carboxylic acids is 1. The van der Waals surface area contributed by atoms with Gasteiger partial charge in [0.2, 0.25) is 5.82 Å². The van der Waals surface area contributed by atoms with Crippen LogP contribution in [0.5, 0.6) is 0 Å². The van der Waals surface area contributed by atoms with Crippen molar-refractivity contribution in [1.29, 1.82) is 0 Å². The van der Waals surface area contributed by atoms with Crippen LogP contribution in [0.15, 0.2) is 12.1 Å². The number of methoxy groups -OCH3 is 1. The normalized spacial score (nSPS) is 12.0. The Labute approximate surface area is 107 Å². The van der Waals surface area contributed by atoms with Gasteiger partial charge in [0.1, 0.15) is 11.4 Å². The highest BCUT2D eigenvalue weighted by atomic mass is 19.1. The van der Waals surface area contributed by atoms with E-state index in [-0.39, 0.29) is 6.61 Å². The number of hydrogen-bond acceptors (Lipinski definition) is 4. The highest BCUT2D eigenvalue weighted by Crippen LogP contribution is 2.23. The molecular weight excluding hydrogens is 262 g/mol. The Bertz CT molecular complexity index is 508. The quantitative estimate of drug-likeness (QED) is 0.653. The largest absolute Gasteiger partial charge is 0.383 e. The van der Waals surface area contributed by atoms with Crippen LogP contribution < -0.4 is 5.32 Å². The van der Waals surface area contributed by atoms with Crippen molar-refractivity contribution in [2.75, 3.05) is 13.7 Å². The molecule has 0 aliphatic carbocycles. The van der Waals surface area contributed by atoms with Crippen LogP contribution in [-0.2, 0) is 4.74 Å². The highest BCUT2D eigenvalue weighted by molar-refractivity contribution is 5.95. The lowest BCUT2D eigenvalue weighted by Crippen LogP contribution is -2.36. The van der Waals surface area contributed by atoms with Gasteiger partial charge in [-0.3, -0.25) is 14.9 Å². The zero-order valence-corrected chi connectivity index (χ0v) is 10.3. The van der Waals surface area contributed by atoms with Crippen LogP contribution in [0.4, 0.5) is 14.5 Å². The lowest BCUT2D eigenvalue weighted by atomic mass is 10.1. The van der Waals surface area contributed by atoms with Gasteiger partial charge in [-0.15, -0.1) is 0 Å². The van der Waals surface area contributed by atoms with Gasteiger partial charge < -0.3 is 10.1 Å². The number of nitrogens with one attached hydrogen (secondary N) is 1. The summed E-state index contributed by atoms with van der Waals surface area (Å²) in [4.78, 5) is 21.2. The summed E-state index contributed by atoms with van der Waals surface area (Å²) in [6.07, 6.45) is 0. The molecule has 6 nitrogen and oxygen atoms in total. The number of rotatable bonds is 5. The van der Waals surface area contributed by atoms with Crippen molar-refractivity contribution in [3.63, 3.8) is 0 Å². The first-order chi connectivity index (χ1) is 8.88. The van der Waals surface area contributed by atoms with E-state index in [1.165, 1.54) is 7.11 Å². The van der Waals surface area contributed by atoms with E-state index in [0.717, 1.165) is 0 Å². The number of ether oxygens (including phenoxy) is 1. The van der Waals surface area contributed by atoms with Crippen LogP contribution in [-0.4, -0.2) is 30.6 Å². The van der Waals surface area contributed by atoms with E-state index in [9.17, 15) is 23.7 Å². The summed E-state index contributed by atoms with van der Waals surface area (Å²) in [5.74, 6) is -3.72. The smallest absolute Gasteiger partial charge is 0.305 e. The second-order valence-corrected chi connectivity index (χ2v) is 3.84.